The Kier molecular flexibility index (Phi) is 3.36. The molecule has 1 aromatic heterocycles. The Labute approximate surface area is 98.0 Å². The molecule has 0 aliphatic rings. The van der Waals surface area contributed by atoms with Crippen LogP contribution in [0.25, 0.3) is 11.0 Å². The third kappa shape index (κ3) is 2.48. The van der Waals surface area contributed by atoms with Crippen molar-refractivity contribution in [2.24, 2.45) is 0 Å². The summed E-state index contributed by atoms with van der Waals surface area (Å²) in [6.07, 6.45) is -0.326. The molecule has 0 amide bonds. The summed E-state index contributed by atoms with van der Waals surface area (Å²) >= 11 is 1.51. The molecule has 0 saturated carbocycles. The van der Waals surface area contributed by atoms with E-state index >= 15 is 0 Å². The normalized spacial score (nSPS) is 12.9. The quantitative estimate of drug-likeness (QED) is 0.800. The van der Waals surface area contributed by atoms with E-state index in [1.54, 1.807) is 14.0 Å². The molecule has 1 atom stereocenters. The minimum Gasteiger partial charge on any atom is -0.497 e. The summed E-state index contributed by atoms with van der Waals surface area (Å²) in [5, 5.41) is 10.0. The second-order valence-electron chi connectivity index (χ2n) is 3.59. The minimum absolute atomic E-state index is 0.326. The van der Waals surface area contributed by atoms with Crippen LogP contribution in [0.5, 0.6) is 5.75 Å². The van der Waals surface area contributed by atoms with Gasteiger partial charge < -0.3 is 14.8 Å². The number of aliphatic hydroxyl groups excluding tert-OH is 1. The van der Waals surface area contributed by atoms with E-state index in [0.717, 1.165) is 21.9 Å². The number of thioether (sulfide) groups is 1. The summed E-state index contributed by atoms with van der Waals surface area (Å²) in [5.74, 6) is 1.44. The highest BCUT2D eigenvalue weighted by atomic mass is 32.2. The zero-order chi connectivity index (χ0) is 11.5. The summed E-state index contributed by atoms with van der Waals surface area (Å²) in [7, 11) is 1.64. The number of rotatable bonds is 4. The number of aromatic nitrogens is 2. The lowest BCUT2D eigenvalue weighted by Crippen LogP contribution is -2.02. The molecular weight excluding hydrogens is 224 g/mol. The monoisotopic (exact) mass is 238 g/mol. The second kappa shape index (κ2) is 4.76. The lowest BCUT2D eigenvalue weighted by atomic mass is 10.3. The van der Waals surface area contributed by atoms with Gasteiger partial charge in [-0.1, -0.05) is 11.8 Å². The maximum atomic E-state index is 9.19. The van der Waals surface area contributed by atoms with Crippen LogP contribution >= 0.6 is 11.8 Å². The van der Waals surface area contributed by atoms with Crippen LogP contribution in [0.1, 0.15) is 6.92 Å². The topological polar surface area (TPSA) is 58.1 Å². The Balaban J connectivity index is 2.22. The number of benzene rings is 1. The predicted molar refractivity (Wildman–Crippen MR) is 65.1 cm³/mol. The van der Waals surface area contributed by atoms with Crippen molar-refractivity contribution in [3.8, 4) is 5.75 Å². The van der Waals surface area contributed by atoms with Gasteiger partial charge in [0.25, 0.3) is 0 Å². The molecule has 5 heteroatoms. The Bertz CT molecular complexity index is 482. The summed E-state index contributed by atoms with van der Waals surface area (Å²) in [6.45, 7) is 1.76. The van der Waals surface area contributed by atoms with Crippen molar-refractivity contribution >= 4 is 22.8 Å². The molecule has 0 saturated heterocycles. The molecule has 0 aliphatic carbocycles. The zero-order valence-corrected chi connectivity index (χ0v) is 10.0. The van der Waals surface area contributed by atoms with Gasteiger partial charge in [0, 0.05) is 11.8 Å². The molecule has 86 valence electrons. The number of nitrogens with one attached hydrogen (secondary N) is 1. The van der Waals surface area contributed by atoms with E-state index in [-0.39, 0.29) is 6.10 Å². The molecular formula is C11H14N2O2S. The minimum atomic E-state index is -0.326. The van der Waals surface area contributed by atoms with Crippen LogP contribution in [0, 0.1) is 0 Å². The van der Waals surface area contributed by atoms with E-state index in [1.807, 2.05) is 18.2 Å². The van der Waals surface area contributed by atoms with Crippen LogP contribution < -0.4 is 4.74 Å². The van der Waals surface area contributed by atoms with Crippen LogP contribution in [0.15, 0.2) is 23.4 Å². The number of methoxy groups -OCH3 is 1. The first-order valence-corrected chi connectivity index (χ1v) is 6.02. The van der Waals surface area contributed by atoms with Crippen LogP contribution in [-0.2, 0) is 0 Å². The molecule has 16 heavy (non-hydrogen) atoms. The number of hydrogen-bond donors (Lipinski definition) is 2. The molecule has 0 spiro atoms. The van der Waals surface area contributed by atoms with Crippen molar-refractivity contribution in [3.63, 3.8) is 0 Å². The fourth-order valence-corrected chi connectivity index (χ4v) is 2.10. The van der Waals surface area contributed by atoms with Crippen LogP contribution in [-0.4, -0.2) is 34.0 Å². The highest BCUT2D eigenvalue weighted by Gasteiger charge is 2.05. The Morgan fingerprint density at radius 3 is 3.06 bits per heavy atom. The third-order valence-electron chi connectivity index (χ3n) is 2.13. The fraction of sp³-hybridized carbons (Fsp3) is 0.364. The predicted octanol–water partition coefficient (Wildman–Crippen LogP) is 2.04. The molecule has 0 unspecified atom stereocenters. The number of aliphatic hydroxyl groups is 1. The first kappa shape index (κ1) is 11.3. The van der Waals surface area contributed by atoms with E-state index in [0.29, 0.717) is 5.75 Å². The van der Waals surface area contributed by atoms with Crippen molar-refractivity contribution in [1.82, 2.24) is 9.97 Å². The van der Waals surface area contributed by atoms with E-state index in [9.17, 15) is 5.11 Å². The van der Waals surface area contributed by atoms with Crippen LogP contribution in [0.3, 0.4) is 0 Å². The Hall–Kier alpha value is -1.20. The zero-order valence-electron chi connectivity index (χ0n) is 9.23. The van der Waals surface area contributed by atoms with Gasteiger partial charge in [-0.25, -0.2) is 4.98 Å². The SMILES string of the molecule is COc1ccc2nc(SC[C@@H](C)O)[nH]c2c1. The Morgan fingerprint density at radius 2 is 2.38 bits per heavy atom. The van der Waals surface area contributed by atoms with Gasteiger partial charge in [0.15, 0.2) is 5.16 Å². The number of fused-ring (bicyclic) bond motifs is 1. The van der Waals surface area contributed by atoms with Gasteiger partial charge in [-0.05, 0) is 19.1 Å². The molecule has 2 aromatic rings. The maximum Gasteiger partial charge on any atom is 0.166 e. The van der Waals surface area contributed by atoms with Gasteiger partial charge in [0.1, 0.15) is 5.75 Å². The summed E-state index contributed by atoms with van der Waals surface area (Å²) < 4.78 is 5.14. The number of imidazole rings is 1. The van der Waals surface area contributed by atoms with Crippen molar-refractivity contribution < 1.29 is 9.84 Å². The number of aromatic amines is 1. The smallest absolute Gasteiger partial charge is 0.166 e. The molecule has 1 aromatic carbocycles. The van der Waals surface area contributed by atoms with Gasteiger partial charge in [-0.2, -0.15) is 0 Å². The summed E-state index contributed by atoms with van der Waals surface area (Å²) in [5.41, 5.74) is 1.86. The summed E-state index contributed by atoms with van der Waals surface area (Å²) in [4.78, 5) is 7.59. The van der Waals surface area contributed by atoms with E-state index in [2.05, 4.69) is 9.97 Å². The molecule has 2 N–H and O–H groups in total. The molecule has 0 aliphatic heterocycles. The van der Waals surface area contributed by atoms with Gasteiger partial charge in [-0.3, -0.25) is 0 Å². The maximum absolute atomic E-state index is 9.19. The molecule has 0 radical (unpaired) electrons. The number of hydrogen-bond acceptors (Lipinski definition) is 4. The van der Waals surface area contributed by atoms with Gasteiger partial charge in [0.05, 0.1) is 24.2 Å². The molecule has 0 fully saturated rings. The van der Waals surface area contributed by atoms with E-state index in [1.165, 1.54) is 11.8 Å². The van der Waals surface area contributed by atoms with Crippen molar-refractivity contribution in [3.05, 3.63) is 18.2 Å². The van der Waals surface area contributed by atoms with Gasteiger partial charge >= 0.3 is 0 Å². The average Bonchev–Trinajstić information content (AvgIpc) is 2.67. The van der Waals surface area contributed by atoms with Crippen LogP contribution in [0.4, 0.5) is 0 Å². The molecule has 4 nitrogen and oxygen atoms in total. The average molecular weight is 238 g/mol. The van der Waals surface area contributed by atoms with Crippen molar-refractivity contribution in [2.75, 3.05) is 12.9 Å². The number of nitrogens with zero attached hydrogens (tertiary/aromatic N) is 1. The highest BCUT2D eigenvalue weighted by Crippen LogP contribution is 2.23. The van der Waals surface area contributed by atoms with E-state index in [4.69, 9.17) is 4.74 Å². The second-order valence-corrected chi connectivity index (χ2v) is 4.59. The lowest BCUT2D eigenvalue weighted by Gasteiger charge is -1.99. The Morgan fingerprint density at radius 1 is 1.56 bits per heavy atom. The highest BCUT2D eigenvalue weighted by molar-refractivity contribution is 7.99. The summed E-state index contributed by atoms with van der Waals surface area (Å²) in [6, 6.07) is 5.71. The lowest BCUT2D eigenvalue weighted by molar-refractivity contribution is 0.220. The third-order valence-corrected chi connectivity index (χ3v) is 3.24. The van der Waals surface area contributed by atoms with Gasteiger partial charge in [-0.15, -0.1) is 0 Å². The number of ether oxygens (including phenoxy) is 1. The number of H-pyrrole nitrogens is 1. The van der Waals surface area contributed by atoms with Crippen LogP contribution in [0.2, 0.25) is 0 Å². The van der Waals surface area contributed by atoms with Crippen molar-refractivity contribution in [1.29, 1.82) is 0 Å². The van der Waals surface area contributed by atoms with Crippen molar-refractivity contribution in [2.45, 2.75) is 18.2 Å². The van der Waals surface area contributed by atoms with E-state index < -0.39 is 0 Å². The standard InChI is InChI=1S/C11H14N2O2S/c1-7(14)6-16-11-12-9-4-3-8(15-2)5-10(9)13-11/h3-5,7,14H,6H2,1-2H3,(H,12,13)/t7-/m1/s1. The fourth-order valence-electron chi connectivity index (χ4n) is 1.36. The first-order valence-electron chi connectivity index (χ1n) is 5.03. The largest absolute Gasteiger partial charge is 0.497 e. The molecule has 2 rings (SSSR count). The first-order chi connectivity index (χ1) is 7.69. The molecule has 1 heterocycles. The molecule has 0 bridgehead atoms. The van der Waals surface area contributed by atoms with Gasteiger partial charge in [0.2, 0.25) is 0 Å².